The van der Waals surface area contributed by atoms with Gasteiger partial charge in [0, 0.05) is 12.7 Å². The highest BCUT2D eigenvalue weighted by atomic mass is 16.5. The fourth-order valence-electron chi connectivity index (χ4n) is 2.86. The molecule has 1 N–H and O–H groups in total. The SMILES string of the molecule is CCOC(=O)c1ccc(NCCC2CCC(C)CC2)nc1. The molecule has 21 heavy (non-hydrogen) atoms. The molecule has 0 amide bonds. The van der Waals surface area contributed by atoms with Crippen molar-refractivity contribution in [3.63, 3.8) is 0 Å². The Morgan fingerprint density at radius 2 is 2.10 bits per heavy atom. The van der Waals surface area contributed by atoms with Gasteiger partial charge in [-0.05, 0) is 37.3 Å². The number of carbonyl (C=O) groups is 1. The topological polar surface area (TPSA) is 51.2 Å². The predicted molar refractivity (Wildman–Crippen MR) is 84.4 cm³/mol. The zero-order chi connectivity index (χ0) is 15.1. The Balaban J connectivity index is 1.72. The smallest absolute Gasteiger partial charge is 0.339 e. The summed E-state index contributed by atoms with van der Waals surface area (Å²) in [4.78, 5) is 15.8. The molecule has 1 heterocycles. The van der Waals surface area contributed by atoms with E-state index in [9.17, 15) is 4.79 Å². The van der Waals surface area contributed by atoms with Crippen molar-refractivity contribution in [2.45, 2.75) is 46.0 Å². The number of nitrogens with one attached hydrogen (secondary N) is 1. The van der Waals surface area contributed by atoms with Gasteiger partial charge in [0.25, 0.3) is 0 Å². The average molecular weight is 290 g/mol. The van der Waals surface area contributed by atoms with Gasteiger partial charge in [0.1, 0.15) is 5.82 Å². The van der Waals surface area contributed by atoms with Crippen molar-refractivity contribution in [3.05, 3.63) is 23.9 Å². The van der Waals surface area contributed by atoms with Crippen LogP contribution in [0.15, 0.2) is 18.3 Å². The molecule has 1 aromatic heterocycles. The van der Waals surface area contributed by atoms with Crippen LogP contribution in [-0.2, 0) is 4.74 Å². The fourth-order valence-corrected chi connectivity index (χ4v) is 2.86. The molecule has 1 aliphatic carbocycles. The molecule has 116 valence electrons. The Labute approximate surface area is 127 Å². The van der Waals surface area contributed by atoms with E-state index >= 15 is 0 Å². The minimum Gasteiger partial charge on any atom is -0.462 e. The van der Waals surface area contributed by atoms with Crippen LogP contribution in [0, 0.1) is 11.8 Å². The molecular formula is C17H26N2O2. The van der Waals surface area contributed by atoms with Crippen molar-refractivity contribution < 1.29 is 9.53 Å². The summed E-state index contributed by atoms with van der Waals surface area (Å²) < 4.78 is 4.94. The van der Waals surface area contributed by atoms with E-state index in [2.05, 4.69) is 17.2 Å². The Morgan fingerprint density at radius 3 is 2.71 bits per heavy atom. The molecule has 0 atom stereocenters. The average Bonchev–Trinajstić information content (AvgIpc) is 2.50. The predicted octanol–water partition coefficient (Wildman–Crippen LogP) is 3.89. The summed E-state index contributed by atoms with van der Waals surface area (Å²) in [5, 5.41) is 3.34. The first kappa shape index (κ1) is 15.8. The van der Waals surface area contributed by atoms with E-state index in [0.717, 1.165) is 24.2 Å². The van der Waals surface area contributed by atoms with E-state index in [1.807, 2.05) is 6.07 Å². The zero-order valence-corrected chi connectivity index (χ0v) is 13.1. The van der Waals surface area contributed by atoms with Gasteiger partial charge in [-0.2, -0.15) is 0 Å². The second kappa shape index (κ2) is 8.01. The van der Waals surface area contributed by atoms with Gasteiger partial charge in [0.05, 0.1) is 12.2 Å². The number of aromatic nitrogens is 1. The maximum absolute atomic E-state index is 11.5. The Kier molecular flexibility index (Phi) is 6.03. The van der Waals surface area contributed by atoms with Crippen LogP contribution in [0.1, 0.15) is 56.3 Å². The molecule has 1 aliphatic rings. The van der Waals surface area contributed by atoms with Crippen LogP contribution < -0.4 is 5.32 Å². The third kappa shape index (κ3) is 5.03. The number of hydrogen-bond acceptors (Lipinski definition) is 4. The van der Waals surface area contributed by atoms with Gasteiger partial charge in [-0.1, -0.05) is 32.6 Å². The van der Waals surface area contributed by atoms with Crippen LogP contribution in [0.4, 0.5) is 5.82 Å². The van der Waals surface area contributed by atoms with Crippen molar-refractivity contribution in [1.82, 2.24) is 4.98 Å². The van der Waals surface area contributed by atoms with Gasteiger partial charge in [-0.3, -0.25) is 0 Å². The third-order valence-electron chi connectivity index (χ3n) is 4.27. The molecule has 1 fully saturated rings. The van der Waals surface area contributed by atoms with Gasteiger partial charge < -0.3 is 10.1 Å². The molecule has 2 rings (SSSR count). The van der Waals surface area contributed by atoms with Gasteiger partial charge in [0.15, 0.2) is 0 Å². The Bertz CT molecular complexity index is 437. The maximum Gasteiger partial charge on any atom is 0.339 e. The maximum atomic E-state index is 11.5. The largest absolute Gasteiger partial charge is 0.462 e. The normalized spacial score (nSPS) is 21.8. The first-order chi connectivity index (χ1) is 10.2. The first-order valence-corrected chi connectivity index (χ1v) is 8.06. The number of esters is 1. The summed E-state index contributed by atoms with van der Waals surface area (Å²) in [6, 6.07) is 3.60. The molecule has 1 saturated carbocycles. The van der Waals surface area contributed by atoms with E-state index < -0.39 is 0 Å². The number of anilines is 1. The molecule has 0 unspecified atom stereocenters. The van der Waals surface area contributed by atoms with E-state index in [4.69, 9.17) is 4.74 Å². The number of carbonyl (C=O) groups excluding carboxylic acids is 1. The molecule has 0 aliphatic heterocycles. The summed E-state index contributed by atoms with van der Waals surface area (Å²) in [6.45, 7) is 5.49. The van der Waals surface area contributed by atoms with Crippen LogP contribution in [0.3, 0.4) is 0 Å². The number of ether oxygens (including phenoxy) is 1. The molecule has 0 bridgehead atoms. The number of nitrogens with zero attached hydrogens (tertiary/aromatic N) is 1. The lowest BCUT2D eigenvalue weighted by Crippen LogP contribution is -2.16. The van der Waals surface area contributed by atoms with Gasteiger partial charge in [-0.25, -0.2) is 9.78 Å². The summed E-state index contributed by atoms with van der Waals surface area (Å²) in [5.74, 6) is 2.28. The summed E-state index contributed by atoms with van der Waals surface area (Å²) in [5.41, 5.74) is 0.503. The van der Waals surface area contributed by atoms with Crippen LogP contribution in [0.2, 0.25) is 0 Å². The van der Waals surface area contributed by atoms with Crippen LogP contribution in [0.5, 0.6) is 0 Å². The highest BCUT2D eigenvalue weighted by Gasteiger charge is 2.17. The van der Waals surface area contributed by atoms with E-state index in [1.54, 1.807) is 19.2 Å². The van der Waals surface area contributed by atoms with E-state index in [-0.39, 0.29) is 5.97 Å². The van der Waals surface area contributed by atoms with Gasteiger partial charge >= 0.3 is 5.97 Å². The third-order valence-corrected chi connectivity index (χ3v) is 4.27. The van der Waals surface area contributed by atoms with Crippen LogP contribution >= 0.6 is 0 Å². The van der Waals surface area contributed by atoms with Crippen LogP contribution in [-0.4, -0.2) is 24.1 Å². The lowest BCUT2D eigenvalue weighted by atomic mass is 9.81. The molecule has 0 saturated heterocycles. The second-order valence-corrected chi connectivity index (χ2v) is 5.99. The first-order valence-electron chi connectivity index (χ1n) is 8.06. The lowest BCUT2D eigenvalue weighted by molar-refractivity contribution is 0.0526. The second-order valence-electron chi connectivity index (χ2n) is 5.99. The molecule has 0 radical (unpaired) electrons. The van der Waals surface area contributed by atoms with Gasteiger partial charge in [-0.15, -0.1) is 0 Å². The minimum absolute atomic E-state index is 0.312. The summed E-state index contributed by atoms with van der Waals surface area (Å²) in [6.07, 6.45) is 8.24. The van der Waals surface area contributed by atoms with Crippen molar-refractivity contribution in [2.24, 2.45) is 11.8 Å². The number of pyridine rings is 1. The highest BCUT2D eigenvalue weighted by molar-refractivity contribution is 5.89. The summed E-state index contributed by atoms with van der Waals surface area (Å²) in [7, 11) is 0. The minimum atomic E-state index is -0.312. The fraction of sp³-hybridized carbons (Fsp3) is 0.647. The zero-order valence-electron chi connectivity index (χ0n) is 13.1. The Hall–Kier alpha value is -1.58. The van der Waals surface area contributed by atoms with E-state index in [1.165, 1.54) is 32.1 Å². The van der Waals surface area contributed by atoms with Crippen LogP contribution in [0.25, 0.3) is 0 Å². The van der Waals surface area contributed by atoms with Crippen molar-refractivity contribution >= 4 is 11.8 Å². The molecule has 0 aromatic carbocycles. The Morgan fingerprint density at radius 1 is 1.33 bits per heavy atom. The highest BCUT2D eigenvalue weighted by Crippen LogP contribution is 2.30. The van der Waals surface area contributed by atoms with Crippen molar-refractivity contribution in [2.75, 3.05) is 18.5 Å². The van der Waals surface area contributed by atoms with Crippen molar-refractivity contribution in [1.29, 1.82) is 0 Å². The van der Waals surface area contributed by atoms with E-state index in [0.29, 0.717) is 12.2 Å². The summed E-state index contributed by atoms with van der Waals surface area (Å²) >= 11 is 0. The number of hydrogen-bond donors (Lipinski definition) is 1. The monoisotopic (exact) mass is 290 g/mol. The number of rotatable bonds is 6. The van der Waals surface area contributed by atoms with Gasteiger partial charge in [0.2, 0.25) is 0 Å². The molecule has 1 aromatic rings. The molecular weight excluding hydrogens is 264 g/mol. The quantitative estimate of drug-likeness (QED) is 0.808. The molecule has 0 spiro atoms. The standard InChI is InChI=1S/C17H26N2O2/c1-3-21-17(20)15-8-9-16(19-12-15)18-11-10-14-6-4-13(2)5-7-14/h8-9,12-14H,3-7,10-11H2,1-2H3,(H,18,19). The molecule has 4 heteroatoms. The molecule has 4 nitrogen and oxygen atoms in total. The lowest BCUT2D eigenvalue weighted by Gasteiger charge is -2.26. The van der Waals surface area contributed by atoms with Crippen molar-refractivity contribution in [3.8, 4) is 0 Å².